The first-order valence-corrected chi connectivity index (χ1v) is 7.30. The number of esters is 1. The minimum absolute atomic E-state index is 0.0251. The SMILES string of the molecule is CC1CC(OC(=O)COC2CCNCC2)CC(C)O1. The zero-order valence-corrected chi connectivity index (χ0v) is 11.9. The molecule has 5 heteroatoms. The highest BCUT2D eigenvalue weighted by molar-refractivity contribution is 5.70. The second-order valence-corrected chi connectivity index (χ2v) is 5.60. The summed E-state index contributed by atoms with van der Waals surface area (Å²) >= 11 is 0. The molecule has 0 spiro atoms. The van der Waals surface area contributed by atoms with Crippen LogP contribution in [0.1, 0.15) is 39.5 Å². The van der Waals surface area contributed by atoms with E-state index in [4.69, 9.17) is 14.2 Å². The third-order valence-electron chi connectivity index (χ3n) is 3.68. The van der Waals surface area contributed by atoms with Crippen molar-refractivity contribution in [3.05, 3.63) is 0 Å². The van der Waals surface area contributed by atoms with Crippen LogP contribution >= 0.6 is 0 Å². The van der Waals surface area contributed by atoms with Crippen LogP contribution in [-0.2, 0) is 19.0 Å². The van der Waals surface area contributed by atoms with Crippen molar-refractivity contribution in [3.8, 4) is 0 Å². The van der Waals surface area contributed by atoms with Crippen LogP contribution < -0.4 is 5.32 Å². The predicted molar refractivity (Wildman–Crippen MR) is 71.0 cm³/mol. The van der Waals surface area contributed by atoms with E-state index < -0.39 is 0 Å². The van der Waals surface area contributed by atoms with Gasteiger partial charge < -0.3 is 19.5 Å². The van der Waals surface area contributed by atoms with Gasteiger partial charge in [-0.2, -0.15) is 0 Å². The molecule has 2 saturated heterocycles. The van der Waals surface area contributed by atoms with Crippen molar-refractivity contribution in [3.63, 3.8) is 0 Å². The zero-order valence-electron chi connectivity index (χ0n) is 11.9. The van der Waals surface area contributed by atoms with E-state index in [1.54, 1.807) is 0 Å². The largest absolute Gasteiger partial charge is 0.460 e. The quantitative estimate of drug-likeness (QED) is 0.780. The molecule has 5 nitrogen and oxygen atoms in total. The van der Waals surface area contributed by atoms with Gasteiger partial charge in [0.1, 0.15) is 12.7 Å². The first-order valence-electron chi connectivity index (χ1n) is 7.30. The molecule has 110 valence electrons. The van der Waals surface area contributed by atoms with Crippen LogP contribution in [0.4, 0.5) is 0 Å². The Morgan fingerprint density at radius 1 is 1.16 bits per heavy atom. The second-order valence-electron chi connectivity index (χ2n) is 5.60. The fourth-order valence-corrected chi connectivity index (χ4v) is 2.81. The molecule has 2 aliphatic rings. The summed E-state index contributed by atoms with van der Waals surface area (Å²) < 4.78 is 16.7. The number of carbonyl (C=O) groups excluding carboxylic acids is 1. The Morgan fingerprint density at radius 3 is 2.42 bits per heavy atom. The lowest BCUT2D eigenvalue weighted by atomic mass is 10.0. The van der Waals surface area contributed by atoms with Crippen molar-refractivity contribution in [2.45, 2.75) is 63.9 Å². The van der Waals surface area contributed by atoms with E-state index in [9.17, 15) is 4.79 Å². The number of nitrogens with one attached hydrogen (secondary N) is 1. The van der Waals surface area contributed by atoms with Gasteiger partial charge in [0.2, 0.25) is 0 Å². The van der Waals surface area contributed by atoms with E-state index in [1.165, 1.54) is 0 Å². The molecule has 0 aromatic rings. The highest BCUT2D eigenvalue weighted by Crippen LogP contribution is 2.21. The molecule has 2 rings (SSSR count). The fourth-order valence-electron chi connectivity index (χ4n) is 2.81. The van der Waals surface area contributed by atoms with Gasteiger partial charge in [-0.15, -0.1) is 0 Å². The van der Waals surface area contributed by atoms with Gasteiger partial charge in [-0.25, -0.2) is 4.79 Å². The van der Waals surface area contributed by atoms with Gasteiger partial charge in [0.05, 0.1) is 18.3 Å². The Morgan fingerprint density at radius 2 is 1.79 bits per heavy atom. The predicted octanol–water partition coefficient (Wildman–Crippen LogP) is 1.25. The third-order valence-corrected chi connectivity index (χ3v) is 3.68. The molecule has 2 heterocycles. The van der Waals surface area contributed by atoms with Gasteiger partial charge in [0.25, 0.3) is 0 Å². The zero-order chi connectivity index (χ0) is 13.7. The lowest BCUT2D eigenvalue weighted by molar-refractivity contribution is -0.166. The van der Waals surface area contributed by atoms with E-state index in [0.29, 0.717) is 0 Å². The Kier molecular flexibility index (Phi) is 5.60. The molecular formula is C14H25NO4. The maximum Gasteiger partial charge on any atom is 0.332 e. The van der Waals surface area contributed by atoms with Crippen molar-refractivity contribution in [1.29, 1.82) is 0 Å². The smallest absolute Gasteiger partial charge is 0.332 e. The van der Waals surface area contributed by atoms with Crippen LogP contribution in [0.3, 0.4) is 0 Å². The van der Waals surface area contributed by atoms with Crippen LogP contribution in [0.15, 0.2) is 0 Å². The monoisotopic (exact) mass is 271 g/mol. The molecule has 19 heavy (non-hydrogen) atoms. The van der Waals surface area contributed by atoms with Crippen molar-refractivity contribution < 1.29 is 19.0 Å². The fraction of sp³-hybridized carbons (Fsp3) is 0.929. The molecule has 0 aromatic carbocycles. The van der Waals surface area contributed by atoms with E-state index in [0.717, 1.165) is 38.8 Å². The molecule has 0 saturated carbocycles. The normalized spacial score (nSPS) is 33.1. The number of rotatable bonds is 4. The van der Waals surface area contributed by atoms with Crippen LogP contribution in [0.25, 0.3) is 0 Å². The standard InChI is InChI=1S/C14H25NO4/c1-10-7-13(8-11(2)18-10)19-14(16)9-17-12-3-5-15-6-4-12/h10-13,15H,3-9H2,1-2H3. The minimum atomic E-state index is -0.246. The van der Waals surface area contributed by atoms with Crippen LogP contribution in [0.5, 0.6) is 0 Å². The molecule has 2 atom stereocenters. The summed E-state index contributed by atoms with van der Waals surface area (Å²) in [6, 6.07) is 0. The minimum Gasteiger partial charge on any atom is -0.460 e. The lowest BCUT2D eigenvalue weighted by Crippen LogP contribution is -2.37. The van der Waals surface area contributed by atoms with Gasteiger partial charge in [-0.05, 0) is 39.8 Å². The Bertz CT molecular complexity index is 281. The number of hydrogen-bond donors (Lipinski definition) is 1. The van der Waals surface area contributed by atoms with Gasteiger partial charge >= 0.3 is 5.97 Å². The summed E-state index contributed by atoms with van der Waals surface area (Å²) in [5.41, 5.74) is 0. The van der Waals surface area contributed by atoms with Gasteiger partial charge in [-0.3, -0.25) is 0 Å². The molecule has 1 N–H and O–H groups in total. The summed E-state index contributed by atoms with van der Waals surface area (Å²) in [6.45, 7) is 6.04. The number of carbonyl (C=O) groups is 1. The maximum absolute atomic E-state index is 11.8. The van der Waals surface area contributed by atoms with Crippen molar-refractivity contribution >= 4 is 5.97 Å². The highest BCUT2D eigenvalue weighted by Gasteiger charge is 2.27. The van der Waals surface area contributed by atoms with E-state index >= 15 is 0 Å². The summed E-state index contributed by atoms with van der Waals surface area (Å²) in [6.07, 6.45) is 3.99. The summed E-state index contributed by atoms with van der Waals surface area (Å²) in [7, 11) is 0. The number of ether oxygens (including phenoxy) is 3. The molecular weight excluding hydrogens is 246 g/mol. The van der Waals surface area contributed by atoms with E-state index in [1.807, 2.05) is 13.8 Å². The average molecular weight is 271 g/mol. The molecule has 0 aliphatic carbocycles. The first-order chi connectivity index (χ1) is 9.13. The summed E-state index contributed by atoms with van der Waals surface area (Å²) in [4.78, 5) is 11.8. The summed E-state index contributed by atoms with van der Waals surface area (Å²) in [5.74, 6) is -0.246. The van der Waals surface area contributed by atoms with E-state index in [-0.39, 0.29) is 37.0 Å². The molecule has 0 bridgehead atoms. The van der Waals surface area contributed by atoms with Crippen molar-refractivity contribution in [2.75, 3.05) is 19.7 Å². The molecule has 2 unspecified atom stereocenters. The number of piperidine rings is 1. The highest BCUT2D eigenvalue weighted by atomic mass is 16.6. The second kappa shape index (κ2) is 7.22. The lowest BCUT2D eigenvalue weighted by Gasteiger charge is -2.31. The Hall–Kier alpha value is -0.650. The van der Waals surface area contributed by atoms with E-state index in [2.05, 4.69) is 5.32 Å². The van der Waals surface area contributed by atoms with Gasteiger partial charge in [0.15, 0.2) is 0 Å². The Balaban J connectivity index is 1.65. The average Bonchev–Trinajstić information content (AvgIpc) is 2.36. The topological polar surface area (TPSA) is 56.8 Å². The third kappa shape index (κ3) is 5.09. The molecule has 2 aliphatic heterocycles. The van der Waals surface area contributed by atoms with Crippen molar-refractivity contribution in [1.82, 2.24) is 5.32 Å². The Labute approximate surface area is 115 Å². The first kappa shape index (κ1) is 14.8. The summed E-state index contributed by atoms with van der Waals surface area (Å²) in [5, 5.41) is 3.27. The van der Waals surface area contributed by atoms with Crippen LogP contribution in [0.2, 0.25) is 0 Å². The molecule has 0 aromatic heterocycles. The number of hydrogen-bond acceptors (Lipinski definition) is 5. The maximum atomic E-state index is 11.8. The van der Waals surface area contributed by atoms with Gasteiger partial charge in [-0.1, -0.05) is 0 Å². The van der Waals surface area contributed by atoms with Crippen LogP contribution in [0, 0.1) is 0 Å². The van der Waals surface area contributed by atoms with Crippen LogP contribution in [-0.4, -0.2) is 50.1 Å². The van der Waals surface area contributed by atoms with Crippen molar-refractivity contribution in [2.24, 2.45) is 0 Å². The molecule has 0 radical (unpaired) electrons. The van der Waals surface area contributed by atoms with Gasteiger partial charge in [0, 0.05) is 12.8 Å². The molecule has 2 fully saturated rings. The molecule has 0 amide bonds.